The molecule has 1 aliphatic carbocycles. The summed E-state index contributed by atoms with van der Waals surface area (Å²) in [5, 5.41) is 10.3. The molecule has 0 unspecified atom stereocenters. The lowest BCUT2D eigenvalue weighted by Gasteiger charge is -2.47. The fraction of sp³-hybridized carbons (Fsp3) is 0.562. The molecule has 4 nitrogen and oxygen atoms in total. The number of halogens is 1. The topological polar surface area (TPSA) is 43.8 Å². The second kappa shape index (κ2) is 5.71. The molecule has 1 heterocycles. The normalized spacial score (nSPS) is 20.9. The molecule has 5 heteroatoms. The number of benzene rings is 1. The third-order valence-corrected chi connectivity index (χ3v) is 5.26. The summed E-state index contributed by atoms with van der Waals surface area (Å²) in [6, 6.07) is 7.94. The first kappa shape index (κ1) is 15.0. The van der Waals surface area contributed by atoms with Crippen LogP contribution in [0, 0.1) is 5.92 Å². The molecule has 2 fully saturated rings. The predicted octanol–water partition coefficient (Wildman–Crippen LogP) is 1.86. The van der Waals surface area contributed by atoms with Gasteiger partial charge in [0, 0.05) is 31.2 Å². The molecule has 114 valence electrons. The average Bonchev–Trinajstić information content (AvgIpc) is 3.24. The van der Waals surface area contributed by atoms with Crippen molar-refractivity contribution in [2.75, 3.05) is 26.7 Å². The number of nitrogens with zero attached hydrogens (tertiary/aromatic N) is 2. The number of amides is 1. The lowest BCUT2D eigenvalue weighted by Crippen LogP contribution is -2.64. The summed E-state index contributed by atoms with van der Waals surface area (Å²) in [5.41, 5.74) is 0.591. The summed E-state index contributed by atoms with van der Waals surface area (Å²) < 4.78 is 1.02. The standard InChI is InChI=1S/C16H21BrN2O2/c1-18(8-12-4-2-3-5-14(12)17)15(20)9-19-10-16(21,11-19)13-6-7-13/h2-5,13,21H,6-11H2,1H3. The molecule has 2 aliphatic rings. The van der Waals surface area contributed by atoms with Crippen LogP contribution in [0.4, 0.5) is 0 Å². The molecule has 3 rings (SSSR count). The molecular formula is C16H21BrN2O2. The van der Waals surface area contributed by atoms with Crippen LogP contribution in [0.25, 0.3) is 0 Å². The first-order valence-corrected chi connectivity index (χ1v) is 8.19. The fourth-order valence-electron chi connectivity index (χ4n) is 3.00. The maximum Gasteiger partial charge on any atom is 0.236 e. The van der Waals surface area contributed by atoms with Gasteiger partial charge in [-0.15, -0.1) is 0 Å². The minimum Gasteiger partial charge on any atom is -0.387 e. The van der Waals surface area contributed by atoms with E-state index in [1.807, 2.05) is 36.2 Å². The highest BCUT2D eigenvalue weighted by molar-refractivity contribution is 9.10. The van der Waals surface area contributed by atoms with Gasteiger partial charge in [-0.2, -0.15) is 0 Å². The number of carbonyl (C=O) groups is 1. The Kier molecular flexibility index (Phi) is 4.08. The van der Waals surface area contributed by atoms with E-state index in [9.17, 15) is 9.90 Å². The number of carbonyl (C=O) groups excluding carboxylic acids is 1. The van der Waals surface area contributed by atoms with Gasteiger partial charge in [-0.05, 0) is 30.4 Å². The second-order valence-electron chi connectivity index (χ2n) is 6.36. The Morgan fingerprint density at radius 3 is 2.71 bits per heavy atom. The third-order valence-electron chi connectivity index (χ3n) is 4.48. The van der Waals surface area contributed by atoms with Crippen LogP contribution in [0.2, 0.25) is 0 Å². The Labute approximate surface area is 133 Å². The Morgan fingerprint density at radius 2 is 2.10 bits per heavy atom. The number of hydrogen-bond acceptors (Lipinski definition) is 3. The van der Waals surface area contributed by atoms with E-state index in [4.69, 9.17) is 0 Å². The van der Waals surface area contributed by atoms with Crippen LogP contribution >= 0.6 is 15.9 Å². The zero-order valence-electron chi connectivity index (χ0n) is 12.3. The molecule has 0 radical (unpaired) electrons. The molecule has 0 atom stereocenters. The van der Waals surface area contributed by atoms with E-state index in [0.717, 1.165) is 22.9 Å². The molecule has 1 amide bonds. The highest BCUT2D eigenvalue weighted by Crippen LogP contribution is 2.44. The molecule has 21 heavy (non-hydrogen) atoms. The summed E-state index contributed by atoms with van der Waals surface area (Å²) in [6.07, 6.45) is 2.28. The van der Waals surface area contributed by atoms with E-state index in [0.29, 0.717) is 32.1 Å². The van der Waals surface area contributed by atoms with Gasteiger partial charge in [-0.25, -0.2) is 0 Å². The van der Waals surface area contributed by atoms with Crippen molar-refractivity contribution in [3.05, 3.63) is 34.3 Å². The van der Waals surface area contributed by atoms with E-state index in [1.165, 1.54) is 0 Å². The molecule has 1 aromatic rings. The van der Waals surface area contributed by atoms with Crippen molar-refractivity contribution in [1.29, 1.82) is 0 Å². The Morgan fingerprint density at radius 1 is 1.43 bits per heavy atom. The van der Waals surface area contributed by atoms with Crippen LogP contribution in [-0.4, -0.2) is 53.1 Å². The van der Waals surface area contributed by atoms with Gasteiger partial charge in [-0.1, -0.05) is 34.1 Å². The van der Waals surface area contributed by atoms with Crippen molar-refractivity contribution >= 4 is 21.8 Å². The van der Waals surface area contributed by atoms with E-state index in [2.05, 4.69) is 15.9 Å². The van der Waals surface area contributed by atoms with E-state index >= 15 is 0 Å². The lowest BCUT2D eigenvalue weighted by molar-refractivity contribution is -0.144. The zero-order valence-corrected chi connectivity index (χ0v) is 13.8. The molecule has 1 aromatic carbocycles. The van der Waals surface area contributed by atoms with E-state index in [-0.39, 0.29) is 5.91 Å². The maximum absolute atomic E-state index is 12.2. The van der Waals surface area contributed by atoms with Gasteiger partial charge in [0.2, 0.25) is 5.91 Å². The molecule has 1 aliphatic heterocycles. The van der Waals surface area contributed by atoms with Crippen molar-refractivity contribution in [1.82, 2.24) is 9.80 Å². The quantitative estimate of drug-likeness (QED) is 0.879. The average molecular weight is 353 g/mol. The van der Waals surface area contributed by atoms with Gasteiger partial charge in [0.25, 0.3) is 0 Å². The van der Waals surface area contributed by atoms with Crippen LogP contribution in [0.1, 0.15) is 18.4 Å². The van der Waals surface area contributed by atoms with E-state index in [1.54, 1.807) is 4.90 Å². The highest BCUT2D eigenvalue weighted by atomic mass is 79.9. The minimum absolute atomic E-state index is 0.101. The SMILES string of the molecule is CN(Cc1ccccc1Br)C(=O)CN1CC(O)(C2CC2)C1. The first-order chi connectivity index (χ1) is 9.98. The number of hydrogen-bond donors (Lipinski definition) is 1. The fourth-order valence-corrected chi connectivity index (χ4v) is 3.41. The smallest absolute Gasteiger partial charge is 0.236 e. The van der Waals surface area contributed by atoms with Crippen molar-refractivity contribution in [3.63, 3.8) is 0 Å². The number of rotatable bonds is 5. The van der Waals surface area contributed by atoms with Crippen molar-refractivity contribution in [2.45, 2.75) is 25.0 Å². The number of aliphatic hydroxyl groups is 1. The largest absolute Gasteiger partial charge is 0.387 e. The van der Waals surface area contributed by atoms with Crippen LogP contribution in [-0.2, 0) is 11.3 Å². The van der Waals surface area contributed by atoms with Gasteiger partial charge in [0.15, 0.2) is 0 Å². The van der Waals surface area contributed by atoms with Gasteiger partial charge >= 0.3 is 0 Å². The molecule has 1 saturated heterocycles. The van der Waals surface area contributed by atoms with Crippen molar-refractivity contribution in [2.24, 2.45) is 5.92 Å². The lowest BCUT2D eigenvalue weighted by atomic mass is 9.89. The van der Waals surface area contributed by atoms with Gasteiger partial charge in [0.1, 0.15) is 0 Å². The van der Waals surface area contributed by atoms with Crippen LogP contribution in [0.3, 0.4) is 0 Å². The monoisotopic (exact) mass is 352 g/mol. The molecule has 0 spiro atoms. The Hall–Kier alpha value is -0.910. The summed E-state index contributed by atoms with van der Waals surface area (Å²) in [5.74, 6) is 0.574. The minimum atomic E-state index is -0.513. The molecule has 1 saturated carbocycles. The molecular weight excluding hydrogens is 332 g/mol. The summed E-state index contributed by atoms with van der Waals surface area (Å²) in [7, 11) is 1.83. The van der Waals surface area contributed by atoms with Crippen molar-refractivity contribution < 1.29 is 9.90 Å². The van der Waals surface area contributed by atoms with Crippen LogP contribution in [0.15, 0.2) is 28.7 Å². The Bertz CT molecular complexity index is 539. The molecule has 0 aromatic heterocycles. The maximum atomic E-state index is 12.2. The predicted molar refractivity (Wildman–Crippen MR) is 84.7 cm³/mol. The van der Waals surface area contributed by atoms with E-state index < -0.39 is 5.60 Å². The molecule has 1 N–H and O–H groups in total. The highest BCUT2D eigenvalue weighted by Gasteiger charge is 2.52. The number of likely N-dealkylation sites (tertiary alicyclic amines) is 1. The number of β-amino-alcohol motifs (C(OH)–C–C–N with tert-alkyl or cyclic N) is 1. The van der Waals surface area contributed by atoms with Gasteiger partial charge < -0.3 is 10.0 Å². The summed E-state index contributed by atoms with van der Waals surface area (Å²) in [4.78, 5) is 16.0. The van der Waals surface area contributed by atoms with Crippen LogP contribution < -0.4 is 0 Å². The second-order valence-corrected chi connectivity index (χ2v) is 7.22. The summed E-state index contributed by atoms with van der Waals surface area (Å²) >= 11 is 3.51. The third kappa shape index (κ3) is 3.30. The Balaban J connectivity index is 1.48. The summed E-state index contributed by atoms with van der Waals surface area (Å²) in [6.45, 7) is 2.29. The number of likely N-dealkylation sites (N-methyl/N-ethyl adjacent to an activating group) is 1. The van der Waals surface area contributed by atoms with Crippen molar-refractivity contribution in [3.8, 4) is 0 Å². The van der Waals surface area contributed by atoms with Gasteiger partial charge in [-0.3, -0.25) is 9.69 Å². The zero-order chi connectivity index (χ0) is 15.0. The van der Waals surface area contributed by atoms with Crippen LogP contribution in [0.5, 0.6) is 0 Å². The van der Waals surface area contributed by atoms with Gasteiger partial charge in [0.05, 0.1) is 12.1 Å². The first-order valence-electron chi connectivity index (χ1n) is 7.40. The molecule has 0 bridgehead atoms.